The van der Waals surface area contributed by atoms with E-state index in [4.69, 9.17) is 9.47 Å². The van der Waals surface area contributed by atoms with Gasteiger partial charge in [-0.05, 0) is 37.1 Å². The predicted octanol–water partition coefficient (Wildman–Crippen LogP) is 4.40. The summed E-state index contributed by atoms with van der Waals surface area (Å²) in [6, 6.07) is 11.2. The number of thiophene rings is 1. The summed E-state index contributed by atoms with van der Waals surface area (Å²) in [5.41, 5.74) is 4.39. The third-order valence-electron chi connectivity index (χ3n) is 5.21. The third kappa shape index (κ3) is 4.09. The molecule has 2 aromatic heterocycles. The number of ether oxygens (including phenoxy) is 2. The first-order chi connectivity index (χ1) is 15.4. The van der Waals surface area contributed by atoms with Gasteiger partial charge in [-0.15, -0.1) is 11.3 Å². The number of carbonyl (C=O) groups excluding carboxylic acids is 1. The first kappa shape index (κ1) is 21.6. The summed E-state index contributed by atoms with van der Waals surface area (Å²) in [6.07, 6.45) is 1.42. The number of methoxy groups -OCH3 is 2. The second-order valence-corrected chi connectivity index (χ2v) is 8.30. The van der Waals surface area contributed by atoms with Gasteiger partial charge in [-0.1, -0.05) is 23.8 Å². The Hall–Kier alpha value is -3.65. The number of amides is 1. The van der Waals surface area contributed by atoms with E-state index in [0.717, 1.165) is 22.3 Å². The fourth-order valence-electron chi connectivity index (χ4n) is 3.66. The van der Waals surface area contributed by atoms with Crippen LogP contribution in [0.3, 0.4) is 0 Å². The van der Waals surface area contributed by atoms with Crippen molar-refractivity contribution in [1.29, 1.82) is 0 Å². The van der Waals surface area contributed by atoms with Crippen molar-refractivity contribution in [3.63, 3.8) is 0 Å². The zero-order valence-corrected chi connectivity index (χ0v) is 19.1. The number of aromatic nitrogens is 2. The maximum absolute atomic E-state index is 13.2. The van der Waals surface area contributed by atoms with Crippen molar-refractivity contribution >= 4 is 33.1 Å². The summed E-state index contributed by atoms with van der Waals surface area (Å²) in [6.45, 7) is 3.91. The highest BCUT2D eigenvalue weighted by molar-refractivity contribution is 7.17. The molecule has 4 rings (SSSR count). The highest BCUT2D eigenvalue weighted by Crippen LogP contribution is 2.33. The Morgan fingerprint density at radius 1 is 1.06 bits per heavy atom. The highest BCUT2D eigenvalue weighted by atomic mass is 32.1. The molecule has 0 spiro atoms. The smallest absolute Gasteiger partial charge is 0.263 e. The van der Waals surface area contributed by atoms with Crippen LogP contribution in [-0.2, 0) is 11.3 Å². The van der Waals surface area contributed by atoms with Gasteiger partial charge in [0, 0.05) is 22.7 Å². The van der Waals surface area contributed by atoms with Crippen LogP contribution in [0.4, 0.5) is 5.69 Å². The lowest BCUT2D eigenvalue weighted by Gasteiger charge is -2.11. The fraction of sp³-hybridized carbons (Fsp3) is 0.208. The summed E-state index contributed by atoms with van der Waals surface area (Å²) in [7, 11) is 3.07. The minimum atomic E-state index is -0.344. The molecule has 0 radical (unpaired) electrons. The third-order valence-corrected chi connectivity index (χ3v) is 6.10. The molecule has 7 nitrogen and oxygen atoms in total. The Labute approximate surface area is 189 Å². The molecule has 2 heterocycles. The summed E-state index contributed by atoms with van der Waals surface area (Å²) in [4.78, 5) is 31.0. The predicted molar refractivity (Wildman–Crippen MR) is 127 cm³/mol. The van der Waals surface area contributed by atoms with Gasteiger partial charge < -0.3 is 14.8 Å². The molecule has 0 saturated heterocycles. The number of anilines is 1. The topological polar surface area (TPSA) is 82.5 Å². The molecule has 0 aliphatic rings. The van der Waals surface area contributed by atoms with Gasteiger partial charge in [0.1, 0.15) is 11.4 Å². The van der Waals surface area contributed by atoms with Crippen LogP contribution in [0.25, 0.3) is 21.3 Å². The number of hydrogen-bond acceptors (Lipinski definition) is 6. The lowest BCUT2D eigenvalue weighted by molar-refractivity contribution is -0.116. The fourth-order valence-corrected chi connectivity index (χ4v) is 4.56. The average Bonchev–Trinajstić information content (AvgIpc) is 3.20. The second-order valence-electron chi connectivity index (χ2n) is 7.44. The monoisotopic (exact) mass is 449 g/mol. The van der Waals surface area contributed by atoms with Gasteiger partial charge in [-0.2, -0.15) is 0 Å². The van der Waals surface area contributed by atoms with Crippen molar-refractivity contribution in [3.05, 3.63) is 69.6 Å². The number of hydrogen-bond donors (Lipinski definition) is 1. The highest BCUT2D eigenvalue weighted by Gasteiger charge is 2.16. The SMILES string of the molecule is COc1ccc(NC(=O)Cn2cnc3scc(-c4ccc(C)cc4C)c3c2=O)cc1OC. The Morgan fingerprint density at radius 3 is 2.56 bits per heavy atom. The van der Waals surface area contributed by atoms with Crippen molar-refractivity contribution in [1.82, 2.24) is 9.55 Å². The van der Waals surface area contributed by atoms with E-state index in [1.54, 1.807) is 25.3 Å². The molecule has 0 saturated carbocycles. The molecule has 4 aromatic rings. The zero-order valence-electron chi connectivity index (χ0n) is 18.3. The van der Waals surface area contributed by atoms with E-state index in [-0.39, 0.29) is 18.0 Å². The molecule has 1 N–H and O–H groups in total. The van der Waals surface area contributed by atoms with E-state index in [9.17, 15) is 9.59 Å². The Kier molecular flexibility index (Phi) is 5.96. The van der Waals surface area contributed by atoms with Gasteiger partial charge in [0.15, 0.2) is 11.5 Å². The second kappa shape index (κ2) is 8.84. The summed E-state index contributed by atoms with van der Waals surface area (Å²) >= 11 is 1.42. The number of carbonyl (C=O) groups is 1. The lowest BCUT2D eigenvalue weighted by atomic mass is 9.99. The number of rotatable bonds is 6. The van der Waals surface area contributed by atoms with Gasteiger partial charge in [-0.3, -0.25) is 14.2 Å². The largest absolute Gasteiger partial charge is 0.493 e. The van der Waals surface area contributed by atoms with Crippen LogP contribution in [0.5, 0.6) is 11.5 Å². The Bertz CT molecular complexity index is 1370. The molecule has 0 atom stereocenters. The van der Waals surface area contributed by atoms with Crippen molar-refractivity contribution in [2.45, 2.75) is 20.4 Å². The minimum absolute atomic E-state index is 0.154. The van der Waals surface area contributed by atoms with E-state index in [1.165, 1.54) is 29.3 Å². The summed E-state index contributed by atoms with van der Waals surface area (Å²) in [5.74, 6) is 0.721. The van der Waals surface area contributed by atoms with Crippen molar-refractivity contribution < 1.29 is 14.3 Å². The summed E-state index contributed by atoms with van der Waals surface area (Å²) < 4.78 is 11.8. The molecule has 32 heavy (non-hydrogen) atoms. The van der Waals surface area contributed by atoms with Gasteiger partial charge in [0.25, 0.3) is 5.56 Å². The molecule has 2 aromatic carbocycles. The van der Waals surface area contributed by atoms with Gasteiger partial charge in [-0.25, -0.2) is 4.98 Å². The maximum Gasteiger partial charge on any atom is 0.263 e. The van der Waals surface area contributed by atoms with E-state index in [0.29, 0.717) is 27.4 Å². The normalized spacial score (nSPS) is 10.9. The van der Waals surface area contributed by atoms with E-state index < -0.39 is 0 Å². The van der Waals surface area contributed by atoms with Crippen molar-refractivity contribution in [3.8, 4) is 22.6 Å². The maximum atomic E-state index is 13.2. The Morgan fingerprint density at radius 2 is 1.84 bits per heavy atom. The molecule has 0 aliphatic carbocycles. The van der Waals surface area contributed by atoms with Crippen LogP contribution < -0.4 is 20.3 Å². The molecular formula is C24H23N3O4S. The Balaban J connectivity index is 1.63. The van der Waals surface area contributed by atoms with Gasteiger partial charge >= 0.3 is 0 Å². The number of benzene rings is 2. The van der Waals surface area contributed by atoms with E-state index in [1.807, 2.05) is 31.4 Å². The van der Waals surface area contributed by atoms with E-state index in [2.05, 4.69) is 16.4 Å². The summed E-state index contributed by atoms with van der Waals surface area (Å²) in [5, 5.41) is 5.27. The molecule has 0 unspecified atom stereocenters. The van der Waals surface area contributed by atoms with Crippen LogP contribution in [0, 0.1) is 13.8 Å². The first-order valence-electron chi connectivity index (χ1n) is 9.97. The quantitative estimate of drug-likeness (QED) is 0.472. The van der Waals surface area contributed by atoms with Crippen molar-refractivity contribution in [2.24, 2.45) is 0 Å². The molecule has 0 bridgehead atoms. The number of fused-ring (bicyclic) bond motifs is 1. The molecule has 0 fully saturated rings. The van der Waals surface area contributed by atoms with Crippen LogP contribution >= 0.6 is 11.3 Å². The van der Waals surface area contributed by atoms with Crippen LogP contribution in [0.1, 0.15) is 11.1 Å². The standard InChI is InChI=1S/C24H23N3O4S/c1-14-5-7-17(15(2)9-14)18-12-32-23-22(18)24(29)27(13-25-23)11-21(28)26-16-6-8-19(30-3)20(10-16)31-4/h5-10,12-13H,11H2,1-4H3,(H,26,28). The van der Waals surface area contributed by atoms with Gasteiger partial charge in [0.05, 0.1) is 25.9 Å². The average molecular weight is 450 g/mol. The molecule has 1 amide bonds. The van der Waals surface area contributed by atoms with Crippen LogP contribution in [0.15, 0.2) is 52.9 Å². The molecule has 0 aliphatic heterocycles. The van der Waals surface area contributed by atoms with E-state index >= 15 is 0 Å². The van der Waals surface area contributed by atoms with Crippen LogP contribution in [0.2, 0.25) is 0 Å². The van der Waals surface area contributed by atoms with Gasteiger partial charge in [0.2, 0.25) is 5.91 Å². The van der Waals surface area contributed by atoms with Crippen molar-refractivity contribution in [2.75, 3.05) is 19.5 Å². The number of nitrogens with zero attached hydrogens (tertiary/aromatic N) is 2. The van der Waals surface area contributed by atoms with Crippen LogP contribution in [-0.4, -0.2) is 29.7 Å². The first-order valence-corrected chi connectivity index (χ1v) is 10.9. The number of aryl methyl sites for hydroxylation is 2. The zero-order chi connectivity index (χ0) is 22.8. The molecule has 164 valence electrons. The minimum Gasteiger partial charge on any atom is -0.493 e. The molecule has 8 heteroatoms. The number of nitrogens with one attached hydrogen (secondary N) is 1. The molecular weight excluding hydrogens is 426 g/mol. The lowest BCUT2D eigenvalue weighted by Crippen LogP contribution is -2.27.